The van der Waals surface area contributed by atoms with Crippen LogP contribution >= 0.6 is 0 Å². The van der Waals surface area contributed by atoms with E-state index in [1.807, 2.05) is 6.20 Å². The van der Waals surface area contributed by atoms with Crippen molar-refractivity contribution in [1.82, 2.24) is 14.9 Å². The number of hydrogen-bond donors (Lipinski definition) is 2. The quantitative estimate of drug-likeness (QED) is 0.763. The molecule has 2 N–H and O–H groups in total. The van der Waals surface area contributed by atoms with Crippen LogP contribution in [0.25, 0.3) is 22.2 Å². The van der Waals surface area contributed by atoms with E-state index in [0.717, 1.165) is 49.6 Å². The Morgan fingerprint density at radius 2 is 1.92 bits per heavy atom. The molecular formula is C21H25N3O. The van der Waals surface area contributed by atoms with E-state index < -0.39 is 6.10 Å². The molecule has 0 radical (unpaired) electrons. The van der Waals surface area contributed by atoms with Crippen molar-refractivity contribution in [2.45, 2.75) is 32.4 Å². The lowest BCUT2D eigenvalue weighted by Crippen LogP contribution is -2.30. The fourth-order valence-corrected chi connectivity index (χ4v) is 3.86. The minimum absolute atomic E-state index is 0.293. The van der Waals surface area contributed by atoms with E-state index >= 15 is 0 Å². The maximum atomic E-state index is 10.8. The van der Waals surface area contributed by atoms with Gasteiger partial charge in [-0.2, -0.15) is 0 Å². The van der Waals surface area contributed by atoms with E-state index in [4.69, 9.17) is 4.98 Å². The van der Waals surface area contributed by atoms with Crippen LogP contribution in [0, 0.1) is 5.92 Å². The van der Waals surface area contributed by atoms with Gasteiger partial charge in [-0.05, 0) is 49.5 Å². The van der Waals surface area contributed by atoms with Gasteiger partial charge in [0, 0.05) is 18.3 Å². The maximum absolute atomic E-state index is 10.8. The zero-order valence-corrected chi connectivity index (χ0v) is 14.7. The van der Waals surface area contributed by atoms with Gasteiger partial charge in [0.2, 0.25) is 0 Å². The van der Waals surface area contributed by atoms with Crippen LogP contribution in [0.3, 0.4) is 0 Å². The summed E-state index contributed by atoms with van der Waals surface area (Å²) in [6, 6.07) is 14.7. The summed E-state index contributed by atoms with van der Waals surface area (Å²) in [6.07, 6.45) is 3.56. The van der Waals surface area contributed by atoms with Gasteiger partial charge >= 0.3 is 0 Å². The summed E-state index contributed by atoms with van der Waals surface area (Å²) >= 11 is 0. The number of aliphatic hydroxyl groups is 1. The third-order valence-corrected chi connectivity index (χ3v) is 5.30. The second-order valence-electron chi connectivity index (χ2n) is 6.83. The number of benzene rings is 2. The number of imidazole rings is 1. The molecule has 4 heteroatoms. The van der Waals surface area contributed by atoms with Crippen LogP contribution in [-0.4, -0.2) is 27.7 Å². The molecular weight excluding hydrogens is 310 g/mol. The van der Waals surface area contributed by atoms with Crippen molar-refractivity contribution < 1.29 is 5.11 Å². The molecule has 2 aromatic carbocycles. The van der Waals surface area contributed by atoms with E-state index in [-0.39, 0.29) is 0 Å². The highest BCUT2D eigenvalue weighted by Crippen LogP contribution is 2.32. The first-order valence-corrected chi connectivity index (χ1v) is 9.22. The average molecular weight is 335 g/mol. The van der Waals surface area contributed by atoms with Crippen molar-refractivity contribution in [1.29, 1.82) is 0 Å². The lowest BCUT2D eigenvalue weighted by molar-refractivity contribution is 0.0855. The zero-order chi connectivity index (χ0) is 17.2. The molecule has 1 saturated heterocycles. The molecule has 3 aromatic rings. The van der Waals surface area contributed by atoms with Crippen LogP contribution in [0.5, 0.6) is 0 Å². The van der Waals surface area contributed by atoms with Crippen molar-refractivity contribution in [2.75, 3.05) is 13.1 Å². The third kappa shape index (κ3) is 3.08. The van der Waals surface area contributed by atoms with Gasteiger partial charge in [-0.1, -0.05) is 42.5 Å². The number of piperidine rings is 1. The number of nitrogens with zero attached hydrogens (tertiary/aromatic N) is 2. The Balaban J connectivity index is 1.76. The number of aryl methyl sites for hydroxylation is 1. The van der Waals surface area contributed by atoms with Gasteiger partial charge in [0.1, 0.15) is 11.9 Å². The fourth-order valence-electron chi connectivity index (χ4n) is 3.86. The molecule has 4 nitrogen and oxygen atoms in total. The van der Waals surface area contributed by atoms with Gasteiger partial charge < -0.3 is 15.0 Å². The van der Waals surface area contributed by atoms with Crippen molar-refractivity contribution in [3.05, 3.63) is 54.4 Å². The summed E-state index contributed by atoms with van der Waals surface area (Å²) in [5.41, 5.74) is 1.93. The Morgan fingerprint density at radius 1 is 1.16 bits per heavy atom. The van der Waals surface area contributed by atoms with Crippen LogP contribution in [0.4, 0.5) is 0 Å². The third-order valence-electron chi connectivity index (χ3n) is 5.30. The molecule has 4 rings (SSSR count). The normalized spacial score (nSPS) is 17.0. The second kappa shape index (κ2) is 6.98. The number of aromatic nitrogens is 2. The van der Waals surface area contributed by atoms with Gasteiger partial charge in [0.05, 0.1) is 5.69 Å². The smallest absolute Gasteiger partial charge is 0.140 e. The minimum atomic E-state index is -0.483. The van der Waals surface area contributed by atoms with Gasteiger partial charge in [0.25, 0.3) is 0 Å². The first kappa shape index (κ1) is 16.3. The molecule has 1 unspecified atom stereocenters. The molecule has 0 amide bonds. The maximum Gasteiger partial charge on any atom is 0.140 e. The van der Waals surface area contributed by atoms with E-state index in [0.29, 0.717) is 5.92 Å². The largest absolute Gasteiger partial charge is 0.386 e. The van der Waals surface area contributed by atoms with Crippen LogP contribution in [0.15, 0.2) is 48.7 Å². The first-order valence-electron chi connectivity index (χ1n) is 9.22. The summed E-state index contributed by atoms with van der Waals surface area (Å²) in [5, 5.41) is 16.6. The fraction of sp³-hybridized carbons (Fsp3) is 0.381. The van der Waals surface area contributed by atoms with E-state index in [9.17, 15) is 5.11 Å². The number of fused-ring (bicyclic) bond motifs is 1. The molecule has 2 heterocycles. The average Bonchev–Trinajstić information content (AvgIpc) is 3.12. The summed E-state index contributed by atoms with van der Waals surface area (Å²) in [4.78, 5) is 4.87. The van der Waals surface area contributed by atoms with Gasteiger partial charge in [-0.3, -0.25) is 0 Å². The monoisotopic (exact) mass is 335 g/mol. The minimum Gasteiger partial charge on any atom is -0.386 e. The molecule has 0 aliphatic carbocycles. The summed E-state index contributed by atoms with van der Waals surface area (Å²) in [7, 11) is 0. The molecule has 25 heavy (non-hydrogen) atoms. The molecule has 0 bridgehead atoms. The molecule has 1 aliphatic heterocycles. The number of hydrogen-bond acceptors (Lipinski definition) is 3. The van der Waals surface area contributed by atoms with Crippen molar-refractivity contribution >= 4 is 10.8 Å². The predicted octanol–water partition coefficient (Wildman–Crippen LogP) is 3.76. The van der Waals surface area contributed by atoms with Crippen LogP contribution in [0.1, 0.15) is 31.6 Å². The molecule has 0 spiro atoms. The Morgan fingerprint density at radius 3 is 2.72 bits per heavy atom. The number of aliphatic hydroxyl groups excluding tert-OH is 1. The summed E-state index contributed by atoms with van der Waals surface area (Å²) in [5.74, 6) is 1.24. The number of rotatable bonds is 4. The molecule has 1 aromatic heterocycles. The van der Waals surface area contributed by atoms with Gasteiger partial charge in [-0.25, -0.2) is 4.98 Å². The van der Waals surface area contributed by atoms with Crippen molar-refractivity contribution in [3.63, 3.8) is 0 Å². The van der Waals surface area contributed by atoms with E-state index in [2.05, 4.69) is 59.3 Å². The lowest BCUT2D eigenvalue weighted by Gasteiger charge is -2.26. The highest BCUT2D eigenvalue weighted by Gasteiger charge is 2.26. The van der Waals surface area contributed by atoms with Gasteiger partial charge in [-0.15, -0.1) is 0 Å². The zero-order valence-electron chi connectivity index (χ0n) is 14.7. The van der Waals surface area contributed by atoms with Gasteiger partial charge in [0.15, 0.2) is 0 Å². The van der Waals surface area contributed by atoms with E-state index in [1.54, 1.807) is 0 Å². The van der Waals surface area contributed by atoms with E-state index in [1.165, 1.54) is 10.8 Å². The Bertz CT molecular complexity index is 859. The van der Waals surface area contributed by atoms with Crippen molar-refractivity contribution in [3.8, 4) is 11.4 Å². The standard InChI is InChI=1S/C21H25N3O/c1-2-24-14-19(20(25)16-10-12-22-13-11-16)23-21(24)18-9-5-7-15-6-3-4-8-17(15)18/h3-9,14,16,20,22,25H,2,10-13H2,1H3. The molecule has 0 saturated carbocycles. The molecule has 1 atom stereocenters. The summed E-state index contributed by atoms with van der Waals surface area (Å²) in [6.45, 7) is 4.92. The van der Waals surface area contributed by atoms with Crippen LogP contribution in [0.2, 0.25) is 0 Å². The topological polar surface area (TPSA) is 50.1 Å². The lowest BCUT2D eigenvalue weighted by atomic mass is 9.91. The first-order chi connectivity index (χ1) is 12.3. The molecule has 130 valence electrons. The Hall–Kier alpha value is -2.17. The molecule has 1 fully saturated rings. The SMILES string of the molecule is CCn1cc(C(O)C2CCNCC2)nc1-c1cccc2ccccc12. The Labute approximate surface area is 148 Å². The summed E-state index contributed by atoms with van der Waals surface area (Å²) < 4.78 is 2.15. The highest BCUT2D eigenvalue weighted by molar-refractivity contribution is 5.95. The predicted molar refractivity (Wildman–Crippen MR) is 101 cm³/mol. The Kier molecular flexibility index (Phi) is 4.55. The van der Waals surface area contributed by atoms with Crippen LogP contribution in [-0.2, 0) is 6.54 Å². The molecule has 1 aliphatic rings. The van der Waals surface area contributed by atoms with Crippen molar-refractivity contribution in [2.24, 2.45) is 5.92 Å². The number of nitrogens with one attached hydrogen (secondary N) is 1. The van der Waals surface area contributed by atoms with Crippen LogP contribution < -0.4 is 5.32 Å². The highest BCUT2D eigenvalue weighted by atomic mass is 16.3. The second-order valence-corrected chi connectivity index (χ2v) is 6.83.